The number of carbonyl (C=O) groups excluding carboxylic acids is 1. The van der Waals surface area contributed by atoms with E-state index in [0.717, 1.165) is 11.3 Å². The van der Waals surface area contributed by atoms with Crippen LogP contribution in [0.4, 0.5) is 0 Å². The number of rotatable bonds is 7. The van der Waals surface area contributed by atoms with Gasteiger partial charge >= 0.3 is 0 Å². The van der Waals surface area contributed by atoms with E-state index in [9.17, 15) is 9.90 Å². The number of Topliss-reactive ketones (excluding diaryl/α,β-unsaturated/α-hetero) is 1. The third-order valence-electron chi connectivity index (χ3n) is 3.72. The first kappa shape index (κ1) is 17.6. The van der Waals surface area contributed by atoms with Crippen LogP contribution in [-0.4, -0.2) is 29.2 Å². The van der Waals surface area contributed by atoms with Gasteiger partial charge in [0.1, 0.15) is 5.75 Å². The van der Waals surface area contributed by atoms with Crippen molar-refractivity contribution in [2.45, 2.75) is 30.7 Å². The molecule has 2 aromatic rings. The molecule has 0 spiro atoms. The van der Waals surface area contributed by atoms with Crippen molar-refractivity contribution in [1.82, 2.24) is 5.32 Å². The van der Waals surface area contributed by atoms with E-state index in [1.165, 1.54) is 17.3 Å². The SMILES string of the molecule is CSc1cc(C(=O)CNC(C)(C)Cc2ccccc2)ccc1O. The largest absolute Gasteiger partial charge is 0.507 e. The molecule has 0 unspecified atom stereocenters. The zero-order chi connectivity index (χ0) is 16.9. The van der Waals surface area contributed by atoms with Crippen LogP contribution in [-0.2, 0) is 6.42 Å². The van der Waals surface area contributed by atoms with Crippen LogP contribution in [0.3, 0.4) is 0 Å². The Bertz CT molecular complexity index is 668. The Balaban J connectivity index is 1.98. The van der Waals surface area contributed by atoms with E-state index in [2.05, 4.69) is 31.3 Å². The third kappa shape index (κ3) is 5.12. The van der Waals surface area contributed by atoms with Gasteiger partial charge in [0.15, 0.2) is 5.78 Å². The van der Waals surface area contributed by atoms with Crippen molar-refractivity contribution in [3.63, 3.8) is 0 Å². The molecule has 3 nitrogen and oxygen atoms in total. The minimum atomic E-state index is -0.170. The number of benzene rings is 2. The quantitative estimate of drug-likeness (QED) is 0.597. The molecule has 23 heavy (non-hydrogen) atoms. The van der Waals surface area contributed by atoms with Crippen molar-refractivity contribution >= 4 is 17.5 Å². The molecule has 0 fully saturated rings. The van der Waals surface area contributed by atoms with Crippen LogP contribution in [0.5, 0.6) is 5.75 Å². The van der Waals surface area contributed by atoms with Crippen molar-refractivity contribution in [2.24, 2.45) is 0 Å². The van der Waals surface area contributed by atoms with Gasteiger partial charge in [-0.2, -0.15) is 0 Å². The number of phenols is 1. The zero-order valence-corrected chi connectivity index (χ0v) is 14.6. The number of phenolic OH excluding ortho intramolecular Hbond substituents is 1. The topological polar surface area (TPSA) is 49.3 Å². The maximum absolute atomic E-state index is 12.4. The molecular formula is C19H23NO2S. The van der Waals surface area contributed by atoms with Crippen LogP contribution in [0, 0.1) is 0 Å². The van der Waals surface area contributed by atoms with E-state index in [0.29, 0.717) is 5.56 Å². The Morgan fingerprint density at radius 3 is 2.52 bits per heavy atom. The molecule has 0 bridgehead atoms. The fourth-order valence-corrected chi connectivity index (χ4v) is 2.96. The third-order valence-corrected chi connectivity index (χ3v) is 4.48. The molecule has 0 aliphatic carbocycles. The van der Waals surface area contributed by atoms with Gasteiger partial charge in [-0.15, -0.1) is 11.8 Å². The second-order valence-electron chi connectivity index (χ2n) is 6.21. The second-order valence-corrected chi connectivity index (χ2v) is 7.06. The van der Waals surface area contributed by atoms with Crippen molar-refractivity contribution in [3.8, 4) is 5.75 Å². The molecule has 4 heteroatoms. The average molecular weight is 329 g/mol. The van der Waals surface area contributed by atoms with Crippen LogP contribution in [0.1, 0.15) is 29.8 Å². The lowest BCUT2D eigenvalue weighted by Crippen LogP contribution is -2.44. The maximum atomic E-state index is 12.4. The number of nitrogens with one attached hydrogen (secondary N) is 1. The molecule has 0 radical (unpaired) electrons. The normalized spacial score (nSPS) is 11.4. The molecule has 0 heterocycles. The van der Waals surface area contributed by atoms with Crippen molar-refractivity contribution in [2.75, 3.05) is 12.8 Å². The van der Waals surface area contributed by atoms with E-state index in [-0.39, 0.29) is 23.6 Å². The van der Waals surface area contributed by atoms with Gasteiger partial charge in [0.05, 0.1) is 6.54 Å². The Morgan fingerprint density at radius 1 is 1.17 bits per heavy atom. The highest BCUT2D eigenvalue weighted by molar-refractivity contribution is 7.98. The molecule has 0 aliphatic rings. The molecule has 122 valence electrons. The molecule has 0 saturated carbocycles. The highest BCUT2D eigenvalue weighted by Gasteiger charge is 2.19. The number of carbonyl (C=O) groups is 1. The zero-order valence-electron chi connectivity index (χ0n) is 13.8. The lowest BCUT2D eigenvalue weighted by atomic mass is 9.94. The Kier molecular flexibility index (Phi) is 5.85. The summed E-state index contributed by atoms with van der Waals surface area (Å²) in [5.41, 5.74) is 1.69. The van der Waals surface area contributed by atoms with E-state index >= 15 is 0 Å². The molecule has 0 saturated heterocycles. The molecule has 0 amide bonds. The molecule has 2 N–H and O–H groups in total. The van der Waals surface area contributed by atoms with Gasteiger partial charge in [0.25, 0.3) is 0 Å². The maximum Gasteiger partial charge on any atom is 0.176 e. The standard InChI is InChI=1S/C19H23NO2S/c1-19(2,12-14-7-5-4-6-8-14)20-13-17(22)15-9-10-16(21)18(11-15)23-3/h4-11,20-21H,12-13H2,1-3H3. The highest BCUT2D eigenvalue weighted by atomic mass is 32.2. The van der Waals surface area contributed by atoms with Gasteiger partial charge in [0, 0.05) is 16.0 Å². The molecule has 2 aromatic carbocycles. The summed E-state index contributed by atoms with van der Waals surface area (Å²) in [4.78, 5) is 13.1. The Hall–Kier alpha value is -1.78. The number of hydrogen-bond donors (Lipinski definition) is 2. The average Bonchev–Trinajstić information content (AvgIpc) is 2.53. The number of ketones is 1. The summed E-state index contributed by atoms with van der Waals surface area (Å²) in [6.07, 6.45) is 2.73. The predicted molar refractivity (Wildman–Crippen MR) is 96.4 cm³/mol. The van der Waals surface area contributed by atoms with Gasteiger partial charge in [-0.25, -0.2) is 0 Å². The molecule has 0 aliphatic heterocycles. The predicted octanol–water partition coefficient (Wildman–Crippen LogP) is 3.91. The number of thioether (sulfide) groups is 1. The van der Waals surface area contributed by atoms with Gasteiger partial charge < -0.3 is 10.4 Å². The molecule has 0 aromatic heterocycles. The van der Waals surface area contributed by atoms with Crippen LogP contribution in [0.15, 0.2) is 53.4 Å². The van der Waals surface area contributed by atoms with Crippen LogP contribution >= 0.6 is 11.8 Å². The van der Waals surface area contributed by atoms with Crippen molar-refractivity contribution < 1.29 is 9.90 Å². The summed E-state index contributed by atoms with van der Waals surface area (Å²) in [5, 5.41) is 13.0. The fraction of sp³-hybridized carbons (Fsp3) is 0.316. The van der Waals surface area contributed by atoms with E-state index in [1.54, 1.807) is 18.2 Å². The summed E-state index contributed by atoms with van der Waals surface area (Å²) in [5.74, 6) is 0.243. The Labute approximate surface area is 142 Å². The van der Waals surface area contributed by atoms with E-state index in [1.807, 2.05) is 24.5 Å². The van der Waals surface area contributed by atoms with Gasteiger partial charge in [-0.05, 0) is 50.3 Å². The number of hydrogen-bond acceptors (Lipinski definition) is 4. The van der Waals surface area contributed by atoms with Gasteiger partial charge in [0.2, 0.25) is 0 Å². The lowest BCUT2D eigenvalue weighted by Gasteiger charge is -2.26. The van der Waals surface area contributed by atoms with Crippen LogP contribution in [0.2, 0.25) is 0 Å². The van der Waals surface area contributed by atoms with Crippen LogP contribution in [0.25, 0.3) is 0 Å². The highest BCUT2D eigenvalue weighted by Crippen LogP contribution is 2.27. The summed E-state index contributed by atoms with van der Waals surface area (Å²) in [6.45, 7) is 4.47. The molecule has 2 rings (SSSR count). The lowest BCUT2D eigenvalue weighted by molar-refractivity contribution is 0.0980. The summed E-state index contributed by atoms with van der Waals surface area (Å²) < 4.78 is 0. The summed E-state index contributed by atoms with van der Waals surface area (Å²) in [6, 6.07) is 15.2. The van der Waals surface area contributed by atoms with Crippen molar-refractivity contribution in [3.05, 3.63) is 59.7 Å². The second kappa shape index (κ2) is 7.66. The first-order valence-electron chi connectivity index (χ1n) is 7.60. The summed E-state index contributed by atoms with van der Waals surface area (Å²) >= 11 is 1.43. The van der Waals surface area contributed by atoms with Gasteiger partial charge in [-0.3, -0.25) is 4.79 Å². The first-order valence-corrected chi connectivity index (χ1v) is 8.83. The minimum absolute atomic E-state index is 0.0291. The molecular weight excluding hydrogens is 306 g/mol. The summed E-state index contributed by atoms with van der Waals surface area (Å²) in [7, 11) is 0. The smallest absolute Gasteiger partial charge is 0.176 e. The molecule has 0 atom stereocenters. The first-order chi connectivity index (χ1) is 10.9. The van der Waals surface area contributed by atoms with E-state index in [4.69, 9.17) is 0 Å². The van der Waals surface area contributed by atoms with Crippen molar-refractivity contribution in [1.29, 1.82) is 0 Å². The van der Waals surface area contributed by atoms with Gasteiger partial charge in [-0.1, -0.05) is 30.3 Å². The van der Waals surface area contributed by atoms with Crippen LogP contribution < -0.4 is 5.32 Å². The minimum Gasteiger partial charge on any atom is -0.507 e. The number of aromatic hydroxyl groups is 1. The monoisotopic (exact) mass is 329 g/mol. The fourth-order valence-electron chi connectivity index (χ4n) is 2.44. The Morgan fingerprint density at radius 2 is 1.87 bits per heavy atom. The van der Waals surface area contributed by atoms with E-state index < -0.39 is 0 Å².